The molecule has 0 saturated heterocycles. The second-order valence-corrected chi connectivity index (χ2v) is 6.77. The Hall–Kier alpha value is -0.570. The van der Waals surface area contributed by atoms with Crippen LogP contribution in [0.3, 0.4) is 0 Å². The maximum absolute atomic E-state index is 12.3. The van der Waals surface area contributed by atoms with Crippen molar-refractivity contribution < 1.29 is 4.79 Å². The predicted molar refractivity (Wildman–Crippen MR) is 80.9 cm³/mol. The lowest BCUT2D eigenvalue weighted by Crippen LogP contribution is -2.47. The zero-order chi connectivity index (χ0) is 14.3. The van der Waals surface area contributed by atoms with E-state index < -0.39 is 0 Å². The Morgan fingerprint density at radius 2 is 1.89 bits per heavy atom. The summed E-state index contributed by atoms with van der Waals surface area (Å²) in [6.45, 7) is 6.99. The van der Waals surface area contributed by atoms with Gasteiger partial charge in [-0.3, -0.25) is 4.79 Å². The Morgan fingerprint density at radius 3 is 2.42 bits per heavy atom. The number of amides is 1. The maximum Gasteiger partial charge on any atom is 0.223 e. The minimum Gasteiger partial charge on any atom is -0.351 e. The molecule has 1 saturated carbocycles. The first-order valence-electron chi connectivity index (χ1n) is 8.00. The highest BCUT2D eigenvalue weighted by Gasteiger charge is 2.29. The first-order chi connectivity index (χ1) is 8.98. The summed E-state index contributed by atoms with van der Waals surface area (Å²) in [5.41, 5.74) is 5.42. The van der Waals surface area contributed by atoms with Crippen molar-refractivity contribution in [3.05, 3.63) is 0 Å². The number of carbonyl (C=O) groups is 1. The monoisotopic (exact) mass is 268 g/mol. The molecule has 0 bridgehead atoms. The molecule has 0 radical (unpaired) electrons. The molecule has 1 aliphatic carbocycles. The van der Waals surface area contributed by atoms with Crippen LogP contribution < -0.4 is 11.1 Å². The van der Waals surface area contributed by atoms with Crippen molar-refractivity contribution >= 4 is 5.91 Å². The van der Waals surface area contributed by atoms with Gasteiger partial charge in [0.1, 0.15) is 0 Å². The molecule has 0 aliphatic heterocycles. The molecule has 0 atom stereocenters. The van der Waals surface area contributed by atoms with Gasteiger partial charge in [-0.15, -0.1) is 0 Å². The fourth-order valence-electron chi connectivity index (χ4n) is 3.07. The summed E-state index contributed by atoms with van der Waals surface area (Å²) in [6, 6.07) is 0. The van der Waals surface area contributed by atoms with Crippen molar-refractivity contribution in [2.75, 3.05) is 6.54 Å². The maximum atomic E-state index is 12.3. The minimum absolute atomic E-state index is 0.162. The summed E-state index contributed by atoms with van der Waals surface area (Å²) in [5, 5.41) is 3.17. The molecule has 0 heterocycles. The topological polar surface area (TPSA) is 55.1 Å². The smallest absolute Gasteiger partial charge is 0.223 e. The van der Waals surface area contributed by atoms with E-state index in [9.17, 15) is 4.79 Å². The van der Waals surface area contributed by atoms with Crippen LogP contribution in [0.4, 0.5) is 0 Å². The van der Waals surface area contributed by atoms with Crippen molar-refractivity contribution in [2.45, 2.75) is 77.7 Å². The van der Waals surface area contributed by atoms with Gasteiger partial charge in [-0.2, -0.15) is 0 Å². The van der Waals surface area contributed by atoms with Crippen LogP contribution in [0.15, 0.2) is 0 Å². The lowest BCUT2D eigenvalue weighted by molar-refractivity contribution is -0.127. The van der Waals surface area contributed by atoms with Crippen LogP contribution >= 0.6 is 0 Å². The van der Waals surface area contributed by atoms with Crippen molar-refractivity contribution in [2.24, 2.45) is 17.6 Å². The summed E-state index contributed by atoms with van der Waals surface area (Å²) < 4.78 is 0. The Morgan fingerprint density at radius 1 is 1.26 bits per heavy atom. The van der Waals surface area contributed by atoms with Crippen LogP contribution in [-0.2, 0) is 4.79 Å². The number of hydrogen-bond donors (Lipinski definition) is 2. The number of rotatable bonds is 7. The van der Waals surface area contributed by atoms with E-state index in [4.69, 9.17) is 5.73 Å². The van der Waals surface area contributed by atoms with Crippen LogP contribution in [0.2, 0.25) is 0 Å². The van der Waals surface area contributed by atoms with Crippen LogP contribution in [0.25, 0.3) is 0 Å². The molecule has 3 N–H and O–H groups in total. The molecule has 3 heteroatoms. The molecule has 0 spiro atoms. The number of nitrogens with two attached hydrogens (primary N) is 1. The zero-order valence-electron chi connectivity index (χ0n) is 13.0. The van der Waals surface area contributed by atoms with Gasteiger partial charge in [0, 0.05) is 11.5 Å². The highest BCUT2D eigenvalue weighted by Crippen LogP contribution is 2.32. The highest BCUT2D eigenvalue weighted by atomic mass is 16.2. The molecule has 3 nitrogen and oxygen atoms in total. The predicted octanol–water partition coefficient (Wildman–Crippen LogP) is 3.23. The van der Waals surface area contributed by atoms with E-state index in [1.54, 1.807) is 0 Å². The van der Waals surface area contributed by atoms with E-state index in [2.05, 4.69) is 26.1 Å². The molecular formula is C16H32N2O. The van der Waals surface area contributed by atoms with Crippen LogP contribution in [0.1, 0.15) is 72.1 Å². The molecule has 1 amide bonds. The van der Waals surface area contributed by atoms with E-state index in [1.165, 1.54) is 32.1 Å². The number of carbonyl (C=O) groups excluding carboxylic acids is 1. The van der Waals surface area contributed by atoms with E-state index in [0.29, 0.717) is 6.54 Å². The first-order valence-corrected chi connectivity index (χ1v) is 8.00. The standard InChI is InChI=1S/C16H32N2O/c1-4-5-6-13-7-9-14(10-8-13)15(19)18-16(2,3)11-12-17/h13-14H,4-12,17H2,1-3H3,(H,18,19). The molecule has 1 aliphatic rings. The number of hydrogen-bond acceptors (Lipinski definition) is 2. The number of unbranched alkanes of at least 4 members (excludes halogenated alkanes) is 1. The summed E-state index contributed by atoms with van der Waals surface area (Å²) in [4.78, 5) is 12.3. The summed E-state index contributed by atoms with van der Waals surface area (Å²) >= 11 is 0. The molecule has 1 fully saturated rings. The Labute approximate surface area is 118 Å². The fraction of sp³-hybridized carbons (Fsp3) is 0.938. The lowest BCUT2D eigenvalue weighted by atomic mass is 9.79. The van der Waals surface area contributed by atoms with Gasteiger partial charge < -0.3 is 11.1 Å². The fourth-order valence-corrected chi connectivity index (χ4v) is 3.07. The molecule has 19 heavy (non-hydrogen) atoms. The third-order valence-electron chi connectivity index (χ3n) is 4.41. The van der Waals surface area contributed by atoms with E-state index >= 15 is 0 Å². The van der Waals surface area contributed by atoms with Crippen molar-refractivity contribution in [3.63, 3.8) is 0 Å². The Balaban J connectivity index is 2.32. The van der Waals surface area contributed by atoms with Crippen molar-refractivity contribution in [1.82, 2.24) is 5.32 Å². The average Bonchev–Trinajstić information content (AvgIpc) is 2.36. The summed E-state index contributed by atoms with van der Waals surface area (Å²) in [7, 11) is 0. The van der Waals surface area contributed by atoms with Crippen LogP contribution in [0, 0.1) is 11.8 Å². The van der Waals surface area contributed by atoms with Crippen molar-refractivity contribution in [1.29, 1.82) is 0 Å². The third-order valence-corrected chi connectivity index (χ3v) is 4.41. The van der Waals surface area contributed by atoms with Gasteiger partial charge in [0.2, 0.25) is 5.91 Å². The quantitative estimate of drug-likeness (QED) is 0.745. The molecular weight excluding hydrogens is 236 g/mol. The minimum atomic E-state index is -0.162. The van der Waals surface area contributed by atoms with E-state index in [-0.39, 0.29) is 17.4 Å². The van der Waals surface area contributed by atoms with Gasteiger partial charge in [-0.1, -0.05) is 26.2 Å². The van der Waals surface area contributed by atoms with Crippen LogP contribution in [0.5, 0.6) is 0 Å². The summed E-state index contributed by atoms with van der Waals surface area (Å²) in [6.07, 6.45) is 9.41. The molecule has 0 aromatic carbocycles. The van der Waals surface area contributed by atoms with Crippen LogP contribution in [-0.4, -0.2) is 18.0 Å². The molecule has 112 valence electrons. The zero-order valence-corrected chi connectivity index (χ0v) is 13.0. The molecule has 0 aromatic heterocycles. The van der Waals surface area contributed by atoms with Gasteiger partial charge in [0.25, 0.3) is 0 Å². The Kier molecular flexibility index (Phi) is 6.84. The SMILES string of the molecule is CCCCC1CCC(C(=O)NC(C)(C)CCN)CC1. The summed E-state index contributed by atoms with van der Waals surface area (Å²) in [5.74, 6) is 1.34. The second kappa shape index (κ2) is 7.88. The van der Waals surface area contributed by atoms with Gasteiger partial charge in [-0.25, -0.2) is 0 Å². The van der Waals surface area contributed by atoms with Gasteiger partial charge in [-0.05, 0) is 58.4 Å². The Bertz CT molecular complexity index is 268. The molecule has 0 unspecified atom stereocenters. The van der Waals surface area contributed by atoms with Crippen molar-refractivity contribution in [3.8, 4) is 0 Å². The number of nitrogens with one attached hydrogen (secondary N) is 1. The second-order valence-electron chi connectivity index (χ2n) is 6.77. The highest BCUT2D eigenvalue weighted by molar-refractivity contribution is 5.79. The van der Waals surface area contributed by atoms with Gasteiger partial charge in [0.15, 0.2) is 0 Å². The van der Waals surface area contributed by atoms with E-state index in [0.717, 1.165) is 25.2 Å². The van der Waals surface area contributed by atoms with Gasteiger partial charge >= 0.3 is 0 Å². The third kappa shape index (κ3) is 5.94. The normalized spacial score (nSPS) is 24.2. The van der Waals surface area contributed by atoms with Gasteiger partial charge in [0.05, 0.1) is 0 Å². The van der Waals surface area contributed by atoms with E-state index in [1.807, 2.05) is 0 Å². The average molecular weight is 268 g/mol. The molecule has 1 rings (SSSR count). The lowest BCUT2D eigenvalue weighted by Gasteiger charge is -2.32. The first kappa shape index (κ1) is 16.5. The molecule has 0 aromatic rings. The largest absolute Gasteiger partial charge is 0.351 e.